The highest BCUT2D eigenvalue weighted by atomic mass is 35.5. The van der Waals surface area contributed by atoms with Crippen molar-refractivity contribution in [2.24, 2.45) is 0 Å². The molecule has 8 heteroatoms. The number of hydrogen-bond donors (Lipinski definition) is 1. The quantitative estimate of drug-likeness (QED) is 0.733. The fourth-order valence-corrected chi connectivity index (χ4v) is 3.25. The van der Waals surface area contributed by atoms with Gasteiger partial charge in [0, 0.05) is 43.9 Å². The maximum atomic E-state index is 12.4. The first kappa shape index (κ1) is 20.9. The van der Waals surface area contributed by atoms with E-state index in [2.05, 4.69) is 15.2 Å². The molecule has 1 N–H and O–H groups in total. The van der Waals surface area contributed by atoms with E-state index in [1.165, 1.54) is 6.20 Å². The van der Waals surface area contributed by atoms with E-state index in [-0.39, 0.29) is 12.0 Å². The molecule has 0 bridgehead atoms. The number of piperazine rings is 1. The first-order valence-electron chi connectivity index (χ1n) is 9.72. The number of nitrogens with one attached hydrogen (secondary N) is 1. The number of esters is 1. The average molecular weight is 417 g/mol. The van der Waals surface area contributed by atoms with E-state index in [0.717, 1.165) is 17.8 Å². The molecule has 0 saturated carbocycles. The summed E-state index contributed by atoms with van der Waals surface area (Å²) in [6.45, 7) is 5.31. The summed E-state index contributed by atoms with van der Waals surface area (Å²) in [5.41, 5.74) is 1.58. The average Bonchev–Trinajstić information content (AvgIpc) is 2.75. The first-order chi connectivity index (χ1) is 14.1. The SMILES string of the molecule is CCOC(=O)c1ccc(N2CCN(C(=O)NCCc3ccc(Cl)cc3)CC2)nc1. The van der Waals surface area contributed by atoms with Crippen LogP contribution in [0.25, 0.3) is 0 Å². The van der Waals surface area contributed by atoms with Crippen LogP contribution < -0.4 is 10.2 Å². The lowest BCUT2D eigenvalue weighted by molar-refractivity contribution is 0.0526. The Morgan fingerprint density at radius 1 is 1.10 bits per heavy atom. The molecule has 1 aliphatic rings. The van der Waals surface area contributed by atoms with Gasteiger partial charge in [0.1, 0.15) is 5.82 Å². The summed E-state index contributed by atoms with van der Waals surface area (Å²) in [5.74, 6) is 0.424. The predicted molar refractivity (Wildman–Crippen MR) is 113 cm³/mol. The number of carbonyl (C=O) groups is 2. The third-order valence-corrected chi connectivity index (χ3v) is 5.01. The summed E-state index contributed by atoms with van der Waals surface area (Å²) < 4.78 is 4.97. The highest BCUT2D eigenvalue weighted by Crippen LogP contribution is 2.15. The van der Waals surface area contributed by atoms with Crippen molar-refractivity contribution in [2.75, 3.05) is 44.2 Å². The summed E-state index contributed by atoms with van der Waals surface area (Å²) in [4.78, 5) is 32.4. The molecule has 154 valence electrons. The molecule has 1 saturated heterocycles. The van der Waals surface area contributed by atoms with E-state index >= 15 is 0 Å². The fraction of sp³-hybridized carbons (Fsp3) is 0.381. The van der Waals surface area contributed by atoms with Gasteiger partial charge in [0.25, 0.3) is 0 Å². The van der Waals surface area contributed by atoms with Gasteiger partial charge in [-0.25, -0.2) is 14.6 Å². The van der Waals surface area contributed by atoms with Crippen LogP contribution in [0.1, 0.15) is 22.8 Å². The van der Waals surface area contributed by atoms with E-state index in [1.807, 2.05) is 35.2 Å². The highest BCUT2D eigenvalue weighted by Gasteiger charge is 2.22. The molecule has 0 aliphatic carbocycles. The van der Waals surface area contributed by atoms with E-state index in [4.69, 9.17) is 16.3 Å². The molecule has 2 aromatic rings. The van der Waals surface area contributed by atoms with Gasteiger partial charge in [-0.15, -0.1) is 0 Å². The van der Waals surface area contributed by atoms with Crippen molar-refractivity contribution in [1.29, 1.82) is 0 Å². The predicted octanol–water partition coefficient (Wildman–Crippen LogP) is 2.99. The fourth-order valence-electron chi connectivity index (χ4n) is 3.12. The number of amides is 2. The van der Waals surface area contributed by atoms with Crippen LogP contribution >= 0.6 is 11.6 Å². The normalized spacial score (nSPS) is 13.9. The van der Waals surface area contributed by atoms with Crippen molar-refractivity contribution >= 4 is 29.4 Å². The highest BCUT2D eigenvalue weighted by molar-refractivity contribution is 6.30. The number of urea groups is 1. The van der Waals surface area contributed by atoms with Crippen molar-refractivity contribution in [2.45, 2.75) is 13.3 Å². The van der Waals surface area contributed by atoms with E-state index in [9.17, 15) is 9.59 Å². The van der Waals surface area contributed by atoms with Gasteiger partial charge < -0.3 is 19.9 Å². The molecule has 1 aromatic carbocycles. The zero-order valence-electron chi connectivity index (χ0n) is 16.4. The number of hydrogen-bond acceptors (Lipinski definition) is 5. The maximum absolute atomic E-state index is 12.4. The molecule has 1 aromatic heterocycles. The standard InChI is InChI=1S/C21H25ClN4O3/c1-2-29-20(27)17-5-8-19(24-15-17)25-11-13-26(14-12-25)21(28)23-10-9-16-3-6-18(22)7-4-16/h3-8,15H,2,9-14H2,1H3,(H,23,28). The number of aromatic nitrogens is 1. The molecule has 2 amide bonds. The molecule has 0 unspecified atom stereocenters. The summed E-state index contributed by atoms with van der Waals surface area (Å²) in [6, 6.07) is 11.1. The second-order valence-electron chi connectivity index (χ2n) is 6.71. The van der Waals surface area contributed by atoms with E-state index in [0.29, 0.717) is 49.9 Å². The number of anilines is 1. The monoisotopic (exact) mass is 416 g/mol. The minimum atomic E-state index is -0.369. The van der Waals surface area contributed by atoms with Crippen LogP contribution in [0, 0.1) is 0 Å². The van der Waals surface area contributed by atoms with Crippen LogP contribution in [0.4, 0.5) is 10.6 Å². The first-order valence-corrected chi connectivity index (χ1v) is 10.1. The zero-order chi connectivity index (χ0) is 20.6. The number of rotatable bonds is 6. The van der Waals surface area contributed by atoms with Gasteiger partial charge in [0.15, 0.2) is 0 Å². The van der Waals surface area contributed by atoms with Gasteiger partial charge in [-0.1, -0.05) is 23.7 Å². The lowest BCUT2D eigenvalue weighted by Crippen LogP contribution is -2.52. The number of carbonyl (C=O) groups excluding carboxylic acids is 2. The lowest BCUT2D eigenvalue weighted by atomic mass is 10.1. The molecular weight excluding hydrogens is 392 g/mol. The van der Waals surface area contributed by atoms with E-state index < -0.39 is 0 Å². The maximum Gasteiger partial charge on any atom is 0.339 e. The second kappa shape index (κ2) is 10.1. The molecule has 1 aliphatic heterocycles. The van der Waals surface area contributed by atoms with E-state index in [1.54, 1.807) is 13.0 Å². The Morgan fingerprint density at radius 2 is 1.83 bits per heavy atom. The number of ether oxygens (including phenoxy) is 1. The summed E-state index contributed by atoms with van der Waals surface area (Å²) in [5, 5.41) is 3.68. The molecule has 7 nitrogen and oxygen atoms in total. The minimum Gasteiger partial charge on any atom is -0.462 e. The van der Waals surface area contributed by atoms with Crippen LogP contribution in [0.15, 0.2) is 42.6 Å². The van der Waals surface area contributed by atoms with Gasteiger partial charge in [0.05, 0.1) is 12.2 Å². The van der Waals surface area contributed by atoms with Crippen LogP contribution in [-0.4, -0.2) is 61.2 Å². The third-order valence-electron chi connectivity index (χ3n) is 4.75. The van der Waals surface area contributed by atoms with Crippen molar-refractivity contribution in [3.05, 3.63) is 58.7 Å². The Kier molecular flexibility index (Phi) is 7.30. The van der Waals surface area contributed by atoms with Gasteiger partial charge in [-0.05, 0) is 43.2 Å². The van der Waals surface area contributed by atoms with Crippen molar-refractivity contribution < 1.29 is 14.3 Å². The molecule has 0 radical (unpaired) electrons. The minimum absolute atomic E-state index is 0.0516. The number of halogens is 1. The summed E-state index contributed by atoms with van der Waals surface area (Å²) in [7, 11) is 0. The zero-order valence-corrected chi connectivity index (χ0v) is 17.2. The van der Waals surface area contributed by atoms with Crippen molar-refractivity contribution in [3.8, 4) is 0 Å². The van der Waals surface area contributed by atoms with Gasteiger partial charge in [-0.2, -0.15) is 0 Å². The summed E-state index contributed by atoms with van der Waals surface area (Å²) in [6.07, 6.45) is 2.29. The van der Waals surface area contributed by atoms with Gasteiger partial charge >= 0.3 is 12.0 Å². The number of pyridine rings is 1. The topological polar surface area (TPSA) is 74.8 Å². The Bertz CT molecular complexity index is 819. The molecule has 2 heterocycles. The Morgan fingerprint density at radius 3 is 2.45 bits per heavy atom. The smallest absolute Gasteiger partial charge is 0.339 e. The van der Waals surface area contributed by atoms with Crippen LogP contribution in [0.5, 0.6) is 0 Å². The molecule has 1 fully saturated rings. The van der Waals surface area contributed by atoms with Crippen molar-refractivity contribution in [3.63, 3.8) is 0 Å². The lowest BCUT2D eigenvalue weighted by Gasteiger charge is -2.35. The number of benzene rings is 1. The van der Waals surface area contributed by atoms with Crippen LogP contribution in [0.2, 0.25) is 5.02 Å². The largest absolute Gasteiger partial charge is 0.462 e. The Labute approximate surface area is 175 Å². The van der Waals surface area contributed by atoms with Gasteiger partial charge in [-0.3, -0.25) is 0 Å². The molecule has 0 spiro atoms. The second-order valence-corrected chi connectivity index (χ2v) is 7.14. The van der Waals surface area contributed by atoms with Crippen LogP contribution in [0.3, 0.4) is 0 Å². The van der Waals surface area contributed by atoms with Gasteiger partial charge in [0.2, 0.25) is 0 Å². The summed E-state index contributed by atoms with van der Waals surface area (Å²) >= 11 is 5.88. The third kappa shape index (κ3) is 5.84. The molecular formula is C21H25ClN4O3. The molecule has 29 heavy (non-hydrogen) atoms. The van der Waals surface area contributed by atoms with Crippen LogP contribution in [-0.2, 0) is 11.2 Å². The van der Waals surface area contributed by atoms with Crippen molar-refractivity contribution in [1.82, 2.24) is 15.2 Å². The number of nitrogens with zero attached hydrogens (tertiary/aromatic N) is 3. The Hall–Kier alpha value is -2.80. The molecule has 3 rings (SSSR count). The molecule has 0 atom stereocenters. The Balaban J connectivity index is 1.43.